The Morgan fingerprint density at radius 2 is 1.32 bits per heavy atom. The van der Waals surface area contributed by atoms with E-state index in [-0.39, 0.29) is 7.43 Å². The van der Waals surface area contributed by atoms with Crippen molar-refractivity contribution in [2.45, 2.75) is 41.1 Å². The lowest BCUT2D eigenvalue weighted by molar-refractivity contribution is -0.906. The van der Waals surface area contributed by atoms with Crippen LogP contribution in [0.3, 0.4) is 0 Å². The Morgan fingerprint density at radius 1 is 0.720 bits per heavy atom. The van der Waals surface area contributed by atoms with E-state index in [0.717, 1.165) is 35.8 Å². The largest absolute Gasteiger partial charge is 0.452 e. The summed E-state index contributed by atoms with van der Waals surface area (Å²) in [7, 11) is 0. The number of pyridine rings is 6. The van der Waals surface area contributed by atoms with Crippen molar-refractivity contribution in [1.29, 1.82) is 0 Å². The van der Waals surface area contributed by atoms with Crippen molar-refractivity contribution < 1.29 is 24.0 Å². The Hall–Kier alpha value is -3.61. The molecule has 6 heterocycles. The fraction of sp³-hybridized carbons (Fsp3) is 0.0909. The van der Waals surface area contributed by atoms with Crippen molar-refractivity contribution in [3.63, 3.8) is 0 Å². The van der Waals surface area contributed by atoms with Crippen LogP contribution in [0.15, 0.2) is 136 Å². The topological polar surface area (TPSA) is 124 Å². The fourth-order valence-corrected chi connectivity index (χ4v) is 5.36. The number of halogens is 4. The van der Waals surface area contributed by atoms with Gasteiger partial charge in [-0.15, -0.1) is 0 Å². The first kappa shape index (κ1) is 40.8. The van der Waals surface area contributed by atoms with Crippen LogP contribution in [-0.2, 0) is 4.57 Å². The van der Waals surface area contributed by atoms with Crippen molar-refractivity contribution >= 4 is 74.0 Å². The third kappa shape index (κ3) is 14.7. The van der Waals surface area contributed by atoms with Gasteiger partial charge >= 0.3 is 5.20 Å². The summed E-state index contributed by atoms with van der Waals surface area (Å²) in [4.78, 5) is 22.8. The molecule has 17 heteroatoms. The average Bonchev–Trinajstić information content (AvgIpc) is 3.05. The molecule has 6 aromatic heterocycles. The van der Waals surface area contributed by atoms with Crippen LogP contribution in [0.25, 0.3) is 0 Å². The Bertz CT molecular complexity index is 2010. The molecule has 0 bridgehead atoms. The predicted molar refractivity (Wildman–Crippen MR) is 200 cm³/mol. The van der Waals surface area contributed by atoms with Gasteiger partial charge in [0, 0.05) is 52.2 Å². The molecule has 0 aliphatic heterocycles. The zero-order chi connectivity index (χ0) is 35.2. The maximum absolute atomic E-state index is 9.80. The van der Waals surface area contributed by atoms with Gasteiger partial charge in [0.05, 0.1) is 10.6 Å². The second-order valence-electron chi connectivity index (χ2n) is 9.40. The molecule has 50 heavy (non-hydrogen) atoms. The molecule has 0 saturated carbocycles. The molecule has 0 aromatic carbocycles. The number of hydrogen-bond donors (Lipinski definition) is 1. The highest BCUT2D eigenvalue weighted by atomic mass is 36.0. The summed E-state index contributed by atoms with van der Waals surface area (Å²) < 4.78 is 22.1. The molecule has 0 amide bonds. The fourth-order valence-electron chi connectivity index (χ4n) is 3.60. The quantitative estimate of drug-likeness (QED) is 0.0683. The number of hydrogen-bond acceptors (Lipinski definition) is 11. The predicted octanol–water partition coefficient (Wildman–Crippen LogP) is 11.5. The normalized spacial score (nSPS) is 10.4. The van der Waals surface area contributed by atoms with E-state index in [0.29, 0.717) is 28.3 Å². The zero-order valence-electron chi connectivity index (χ0n) is 25.6. The maximum Gasteiger partial charge on any atom is 0.339 e. The molecule has 10 nitrogen and oxygen atoms in total. The molecule has 1 N–H and O–H groups in total. The molecule has 0 spiro atoms. The second-order valence-corrected chi connectivity index (χ2v) is 18.6. The molecule has 0 aliphatic carbocycles. The average molecular weight is 812 g/mol. The zero-order valence-corrected chi connectivity index (χ0v) is 31.2. The van der Waals surface area contributed by atoms with E-state index in [1.54, 1.807) is 37.2 Å². The maximum atomic E-state index is 9.80. The molecule has 0 fully saturated rings. The number of nitrogens with zero attached hydrogens (tertiary/aromatic N) is 6. The van der Waals surface area contributed by atoms with Crippen molar-refractivity contribution in [3.8, 4) is 23.1 Å². The van der Waals surface area contributed by atoms with E-state index in [9.17, 15) is 9.77 Å². The Morgan fingerprint density at radius 3 is 1.92 bits per heavy atom. The Kier molecular flexibility index (Phi) is 16.6. The van der Waals surface area contributed by atoms with Gasteiger partial charge < -0.3 is 9.47 Å². The third-order valence-electron chi connectivity index (χ3n) is 5.66. The summed E-state index contributed by atoms with van der Waals surface area (Å²) in [5.41, 5.74) is 1.72. The Labute approximate surface area is 317 Å². The van der Waals surface area contributed by atoms with Crippen LogP contribution in [-0.4, -0.2) is 30.1 Å². The summed E-state index contributed by atoms with van der Waals surface area (Å²) in [6.45, 7) is 3.80. The molecule has 0 saturated heterocycles. The van der Waals surface area contributed by atoms with E-state index in [2.05, 4.69) is 58.6 Å². The summed E-state index contributed by atoms with van der Waals surface area (Å²) in [5, 5.41) is 8.62. The van der Waals surface area contributed by atoms with Gasteiger partial charge in [0.1, 0.15) is 15.8 Å². The lowest BCUT2D eigenvalue weighted by Gasteiger charge is -2.10. The van der Waals surface area contributed by atoms with Crippen molar-refractivity contribution in [2.24, 2.45) is 0 Å². The van der Waals surface area contributed by atoms with Crippen molar-refractivity contribution in [2.75, 3.05) is 0 Å². The standard InChI is InChI=1S/C16H12ClN3OS.C16H14N3O2S.CH4.Cl3OP/c1-11-13(5-4-8-18-11)21-14-9-12(10-20-16(14)17)22-15-6-2-3-7-19-15;1-12-5-4-8-18-16(12)21-13-9-14(11-19(20)10-13)22-15-6-2-3-7-17-15;;1-5(2,3)4/h2-10H,1H3;2-11,20H,1H3;1H4;/q;+1;;. The number of aryl methyl sites for hydroxylation is 2. The molecular formula is C33H30Cl4N6O4PS2+. The first-order valence-corrected chi connectivity index (χ1v) is 20.3. The molecular weight excluding hydrogens is 781 g/mol. The molecule has 0 aliphatic rings. The van der Waals surface area contributed by atoms with Gasteiger partial charge in [-0.05, 0) is 96.1 Å². The minimum Gasteiger partial charge on any atom is -0.452 e. The first-order chi connectivity index (χ1) is 23.4. The van der Waals surface area contributed by atoms with Gasteiger partial charge in [-0.2, -0.15) is 0 Å². The van der Waals surface area contributed by atoms with Crippen LogP contribution in [0.1, 0.15) is 18.7 Å². The molecule has 0 unspecified atom stereocenters. The molecule has 0 atom stereocenters. The Balaban J connectivity index is 0.000000234. The van der Waals surface area contributed by atoms with Gasteiger partial charge in [0.15, 0.2) is 16.7 Å². The van der Waals surface area contributed by atoms with Crippen molar-refractivity contribution in [1.82, 2.24) is 24.9 Å². The highest BCUT2D eigenvalue weighted by Crippen LogP contribution is 2.61. The second kappa shape index (κ2) is 20.3. The lowest BCUT2D eigenvalue weighted by atomic mass is 10.3. The number of aromatic nitrogens is 6. The van der Waals surface area contributed by atoms with E-state index in [1.807, 2.05) is 86.6 Å². The minimum absolute atomic E-state index is 0. The first-order valence-electron chi connectivity index (χ1n) is 13.9. The van der Waals surface area contributed by atoms with Crippen LogP contribution in [0.2, 0.25) is 5.15 Å². The number of ether oxygens (including phenoxy) is 2. The molecule has 6 aromatic rings. The van der Waals surface area contributed by atoms with Gasteiger partial charge in [-0.25, -0.2) is 19.9 Å². The number of rotatable bonds is 8. The smallest absolute Gasteiger partial charge is 0.339 e. The summed E-state index contributed by atoms with van der Waals surface area (Å²) in [6.07, 6.45) is 11.6. The van der Waals surface area contributed by atoms with Crippen LogP contribution in [0.5, 0.6) is 23.1 Å². The third-order valence-corrected chi connectivity index (χ3v) is 7.76. The van der Waals surface area contributed by atoms with Crippen molar-refractivity contribution in [3.05, 3.63) is 133 Å². The molecule has 6 rings (SSSR count). The van der Waals surface area contributed by atoms with Crippen LogP contribution >= 0.6 is 74.0 Å². The minimum atomic E-state index is -3.22. The lowest BCUT2D eigenvalue weighted by Crippen LogP contribution is -2.28. The van der Waals surface area contributed by atoms with Crippen LogP contribution < -0.4 is 14.2 Å². The van der Waals surface area contributed by atoms with E-state index >= 15 is 0 Å². The summed E-state index contributed by atoms with van der Waals surface area (Å²) in [5.74, 6) is 2.18. The van der Waals surface area contributed by atoms with Gasteiger partial charge in [0.2, 0.25) is 12.1 Å². The highest BCUT2D eigenvalue weighted by Gasteiger charge is 2.13. The molecule has 0 radical (unpaired) electrons. The van der Waals surface area contributed by atoms with E-state index in [4.69, 9.17) is 21.1 Å². The molecule has 260 valence electrons. The van der Waals surface area contributed by atoms with Crippen LogP contribution in [0, 0.1) is 13.8 Å². The van der Waals surface area contributed by atoms with Gasteiger partial charge in [-0.3, -0.25) is 14.8 Å². The van der Waals surface area contributed by atoms with E-state index in [1.165, 1.54) is 29.7 Å². The summed E-state index contributed by atoms with van der Waals surface area (Å²) in [6, 6.07) is 22.5. The summed E-state index contributed by atoms with van der Waals surface area (Å²) >= 11 is 22.9. The van der Waals surface area contributed by atoms with Crippen LogP contribution in [0.4, 0.5) is 0 Å². The highest BCUT2D eigenvalue weighted by molar-refractivity contribution is 8.24. The van der Waals surface area contributed by atoms with Gasteiger partial charge in [-0.1, -0.05) is 60.8 Å². The van der Waals surface area contributed by atoms with Gasteiger partial charge in [0.25, 0.3) is 6.20 Å². The monoisotopic (exact) mass is 809 g/mol. The SMILES string of the molecule is C.Cc1cccnc1Oc1cc(Sc2ccccn2)c[n+](O)c1.Cc1ncccc1Oc1cc(Sc2ccccn2)cnc1Cl.O=P(Cl)(Cl)Cl. The van der Waals surface area contributed by atoms with E-state index < -0.39 is 5.20 Å².